The van der Waals surface area contributed by atoms with E-state index in [4.69, 9.17) is 11.1 Å². The van der Waals surface area contributed by atoms with Crippen LogP contribution in [0.3, 0.4) is 0 Å². The van der Waals surface area contributed by atoms with Crippen molar-refractivity contribution < 1.29 is 26.3 Å². The first-order valence-corrected chi connectivity index (χ1v) is 4.93. The molecule has 1 rings (SSSR count). The fraction of sp³-hybridized carbons (Fsp3) is 0.200. The number of alkyl halides is 6. The van der Waals surface area contributed by atoms with Crippen molar-refractivity contribution in [3.8, 4) is 0 Å². The molecule has 1 aromatic carbocycles. The van der Waals surface area contributed by atoms with Gasteiger partial charge in [0.25, 0.3) is 0 Å². The molecule has 0 saturated carbocycles. The van der Waals surface area contributed by atoms with Crippen molar-refractivity contribution in [1.29, 1.82) is 5.41 Å². The van der Waals surface area contributed by atoms with E-state index in [9.17, 15) is 26.3 Å². The first-order chi connectivity index (χ1) is 9.00. The van der Waals surface area contributed by atoms with Crippen LogP contribution in [0, 0.1) is 5.41 Å². The molecule has 10 heteroatoms. The molecule has 4 N–H and O–H groups in total. The van der Waals surface area contributed by atoms with Gasteiger partial charge in [0, 0.05) is 0 Å². The van der Waals surface area contributed by atoms with Crippen LogP contribution in [0.4, 0.5) is 26.3 Å². The molecule has 0 aliphatic carbocycles. The average Bonchev–Trinajstić information content (AvgIpc) is 2.25. The van der Waals surface area contributed by atoms with Crippen molar-refractivity contribution in [2.24, 2.45) is 10.8 Å². The zero-order valence-corrected chi connectivity index (χ0v) is 9.60. The van der Waals surface area contributed by atoms with Crippen LogP contribution in [0.15, 0.2) is 23.3 Å². The van der Waals surface area contributed by atoms with E-state index in [-0.39, 0.29) is 6.07 Å². The Morgan fingerprint density at radius 3 is 1.85 bits per heavy atom. The summed E-state index contributed by atoms with van der Waals surface area (Å²) in [5.41, 5.74) is 3.41. The molecule has 0 bridgehead atoms. The Morgan fingerprint density at radius 1 is 1.05 bits per heavy atom. The van der Waals surface area contributed by atoms with Crippen LogP contribution in [-0.4, -0.2) is 12.2 Å². The lowest BCUT2D eigenvalue weighted by Crippen LogP contribution is -2.25. The summed E-state index contributed by atoms with van der Waals surface area (Å²) < 4.78 is 75.0. The van der Waals surface area contributed by atoms with Crippen molar-refractivity contribution in [3.63, 3.8) is 0 Å². The second-order valence-electron chi connectivity index (χ2n) is 3.62. The monoisotopic (exact) mass is 298 g/mol. The SMILES string of the molecule is N=C(N)NN=Cc1cc(C(F)(F)F)cc(C(F)(F)F)c1. The number of hydrogen-bond acceptors (Lipinski definition) is 2. The molecule has 0 unspecified atom stereocenters. The molecule has 4 nitrogen and oxygen atoms in total. The third-order valence-corrected chi connectivity index (χ3v) is 2.01. The van der Waals surface area contributed by atoms with Crippen molar-refractivity contribution in [3.05, 3.63) is 34.9 Å². The fourth-order valence-electron chi connectivity index (χ4n) is 1.23. The van der Waals surface area contributed by atoms with Crippen molar-refractivity contribution >= 4 is 12.2 Å². The fourth-order valence-corrected chi connectivity index (χ4v) is 1.23. The van der Waals surface area contributed by atoms with Gasteiger partial charge < -0.3 is 5.73 Å². The van der Waals surface area contributed by atoms with Crippen molar-refractivity contribution in [2.75, 3.05) is 0 Å². The lowest BCUT2D eigenvalue weighted by Gasteiger charge is -2.12. The van der Waals surface area contributed by atoms with Gasteiger partial charge in [-0.3, -0.25) is 5.41 Å². The van der Waals surface area contributed by atoms with E-state index in [0.29, 0.717) is 18.3 Å². The second kappa shape index (κ2) is 5.39. The van der Waals surface area contributed by atoms with Crippen molar-refractivity contribution in [1.82, 2.24) is 5.43 Å². The highest BCUT2D eigenvalue weighted by Crippen LogP contribution is 2.35. The average molecular weight is 298 g/mol. The van der Waals surface area contributed by atoms with Gasteiger partial charge in [0.2, 0.25) is 5.96 Å². The minimum absolute atomic E-state index is 0.00966. The molecule has 0 fully saturated rings. The van der Waals surface area contributed by atoms with Gasteiger partial charge in [0.05, 0.1) is 17.3 Å². The molecular formula is C10H8F6N4. The molecule has 0 saturated heterocycles. The quantitative estimate of drug-likeness (QED) is 0.340. The summed E-state index contributed by atoms with van der Waals surface area (Å²) in [6.45, 7) is 0. The van der Waals surface area contributed by atoms with Crippen molar-refractivity contribution in [2.45, 2.75) is 12.4 Å². The number of nitrogens with two attached hydrogens (primary N) is 1. The molecule has 20 heavy (non-hydrogen) atoms. The summed E-state index contributed by atoms with van der Waals surface area (Å²) in [6.07, 6.45) is -9.14. The predicted molar refractivity (Wildman–Crippen MR) is 59.1 cm³/mol. The molecule has 0 aliphatic rings. The molecule has 110 valence electrons. The molecule has 0 atom stereocenters. The summed E-state index contributed by atoms with van der Waals surface area (Å²) in [7, 11) is 0. The Morgan fingerprint density at radius 2 is 1.50 bits per heavy atom. The first kappa shape index (κ1) is 15.8. The summed E-state index contributed by atoms with van der Waals surface area (Å²) in [5, 5.41) is 9.96. The minimum Gasteiger partial charge on any atom is -0.369 e. The van der Waals surface area contributed by atoms with Gasteiger partial charge in [-0.15, -0.1) is 0 Å². The minimum atomic E-state index is -4.92. The summed E-state index contributed by atoms with van der Waals surface area (Å²) in [4.78, 5) is 0. The number of nitrogens with one attached hydrogen (secondary N) is 2. The Balaban J connectivity index is 3.24. The predicted octanol–water partition coefficient (Wildman–Crippen LogP) is 2.54. The smallest absolute Gasteiger partial charge is 0.369 e. The first-order valence-electron chi connectivity index (χ1n) is 4.93. The standard InChI is InChI=1S/C10H8F6N4/c11-9(12,13)6-1-5(4-19-20-8(17)18)2-7(3-6)10(14,15)16/h1-4H,(H4,17,18,20). The number of guanidine groups is 1. The van der Waals surface area contributed by atoms with Crippen LogP contribution in [0.2, 0.25) is 0 Å². The lowest BCUT2D eigenvalue weighted by atomic mass is 10.1. The normalized spacial score (nSPS) is 12.7. The maximum atomic E-state index is 12.5. The Kier molecular flexibility index (Phi) is 4.26. The Bertz CT molecular complexity index is 499. The lowest BCUT2D eigenvalue weighted by molar-refractivity contribution is -0.143. The molecule has 0 spiro atoms. The zero-order chi connectivity index (χ0) is 15.6. The molecule has 1 aromatic rings. The number of benzene rings is 1. The Labute approximate surface area is 108 Å². The number of hydrogen-bond donors (Lipinski definition) is 3. The van der Waals surface area contributed by atoms with Crippen LogP contribution in [0.5, 0.6) is 0 Å². The number of rotatable bonds is 2. The van der Waals surface area contributed by atoms with E-state index in [2.05, 4.69) is 5.10 Å². The van der Waals surface area contributed by atoms with Crippen LogP contribution < -0.4 is 11.2 Å². The van der Waals surface area contributed by atoms with Gasteiger partial charge in [-0.25, -0.2) is 5.43 Å². The summed E-state index contributed by atoms with van der Waals surface area (Å²) >= 11 is 0. The van der Waals surface area contributed by atoms with E-state index in [0.717, 1.165) is 0 Å². The molecule has 0 heterocycles. The molecular weight excluding hydrogens is 290 g/mol. The van der Waals surface area contributed by atoms with Gasteiger partial charge in [-0.2, -0.15) is 31.4 Å². The highest BCUT2D eigenvalue weighted by Gasteiger charge is 2.36. The van der Waals surface area contributed by atoms with Gasteiger partial charge in [-0.05, 0) is 23.8 Å². The molecule has 0 aromatic heterocycles. The Hall–Kier alpha value is -2.26. The number of halogens is 6. The van der Waals surface area contributed by atoms with E-state index >= 15 is 0 Å². The highest BCUT2D eigenvalue weighted by atomic mass is 19.4. The maximum absolute atomic E-state index is 12.5. The van der Waals surface area contributed by atoms with E-state index in [1.165, 1.54) is 0 Å². The van der Waals surface area contributed by atoms with Gasteiger partial charge in [-0.1, -0.05) is 0 Å². The van der Waals surface area contributed by atoms with Crippen LogP contribution in [0.25, 0.3) is 0 Å². The van der Waals surface area contributed by atoms with Gasteiger partial charge in [0.1, 0.15) is 0 Å². The zero-order valence-electron chi connectivity index (χ0n) is 9.60. The third kappa shape index (κ3) is 4.44. The number of nitrogens with zero attached hydrogens (tertiary/aromatic N) is 1. The van der Waals surface area contributed by atoms with Crippen LogP contribution in [-0.2, 0) is 12.4 Å². The third-order valence-electron chi connectivity index (χ3n) is 2.01. The van der Waals surface area contributed by atoms with E-state index < -0.39 is 35.0 Å². The van der Waals surface area contributed by atoms with Crippen LogP contribution in [0.1, 0.15) is 16.7 Å². The van der Waals surface area contributed by atoms with Gasteiger partial charge >= 0.3 is 12.4 Å². The maximum Gasteiger partial charge on any atom is 0.416 e. The highest BCUT2D eigenvalue weighted by molar-refractivity contribution is 5.82. The largest absolute Gasteiger partial charge is 0.416 e. The van der Waals surface area contributed by atoms with E-state index in [1.54, 1.807) is 0 Å². The molecule has 0 radical (unpaired) electrons. The van der Waals surface area contributed by atoms with E-state index in [1.807, 2.05) is 5.43 Å². The van der Waals surface area contributed by atoms with Crippen LogP contribution >= 0.6 is 0 Å². The second-order valence-corrected chi connectivity index (χ2v) is 3.62. The summed E-state index contributed by atoms with van der Waals surface area (Å²) in [5.74, 6) is -0.607. The number of hydrazone groups is 1. The van der Waals surface area contributed by atoms with Gasteiger partial charge in [0.15, 0.2) is 0 Å². The molecule has 0 aliphatic heterocycles. The topological polar surface area (TPSA) is 74.3 Å². The summed E-state index contributed by atoms with van der Waals surface area (Å²) in [6, 6.07) is 1.01. The molecule has 0 amide bonds.